The van der Waals surface area contributed by atoms with E-state index in [2.05, 4.69) is 11.9 Å². The molecule has 3 atom stereocenters. The highest BCUT2D eigenvalue weighted by Gasteiger charge is 2.37. The number of rotatable bonds is 10. The van der Waals surface area contributed by atoms with Crippen LogP contribution >= 0.6 is 0 Å². The molecular formula is C23H43N3O3. The van der Waals surface area contributed by atoms with Gasteiger partial charge in [0.25, 0.3) is 0 Å². The lowest BCUT2D eigenvalue weighted by atomic mass is 9.82. The maximum atomic E-state index is 13.0. The smallest absolute Gasteiger partial charge is 0.331 e. The van der Waals surface area contributed by atoms with Crippen molar-refractivity contribution < 1.29 is 14.7 Å². The second-order valence-electron chi connectivity index (χ2n) is 10.3. The van der Waals surface area contributed by atoms with Gasteiger partial charge in [-0.1, -0.05) is 61.1 Å². The van der Waals surface area contributed by atoms with Gasteiger partial charge in [0.1, 0.15) is 0 Å². The summed E-state index contributed by atoms with van der Waals surface area (Å²) < 4.78 is 0. The average Bonchev–Trinajstić information content (AvgIpc) is 2.52. The molecule has 3 unspecified atom stereocenters. The van der Waals surface area contributed by atoms with Crippen LogP contribution in [0.4, 0.5) is 0 Å². The molecule has 4 N–H and O–H groups in total. The molecular weight excluding hydrogens is 366 g/mol. The third-order valence-electron chi connectivity index (χ3n) is 5.17. The molecule has 29 heavy (non-hydrogen) atoms. The molecule has 6 heteroatoms. The number of aliphatic carboxylic acids is 1. The van der Waals surface area contributed by atoms with Crippen LogP contribution in [0.15, 0.2) is 23.9 Å². The molecule has 0 bridgehead atoms. The van der Waals surface area contributed by atoms with Crippen molar-refractivity contribution in [2.45, 2.75) is 86.4 Å². The van der Waals surface area contributed by atoms with Crippen molar-refractivity contribution in [3.8, 4) is 0 Å². The molecule has 0 fully saturated rings. The van der Waals surface area contributed by atoms with Crippen molar-refractivity contribution in [1.82, 2.24) is 10.2 Å². The number of carbonyl (C=O) groups excluding carboxylic acids is 1. The van der Waals surface area contributed by atoms with Gasteiger partial charge >= 0.3 is 5.97 Å². The van der Waals surface area contributed by atoms with E-state index in [9.17, 15) is 14.7 Å². The number of carboxylic acid groups (broad SMARTS) is 1. The molecule has 1 amide bonds. The minimum absolute atomic E-state index is 0.156. The Labute approximate surface area is 177 Å². The van der Waals surface area contributed by atoms with Crippen molar-refractivity contribution in [1.29, 1.82) is 0 Å². The van der Waals surface area contributed by atoms with E-state index < -0.39 is 11.5 Å². The Morgan fingerprint density at radius 2 is 1.66 bits per heavy atom. The monoisotopic (exact) mass is 409 g/mol. The van der Waals surface area contributed by atoms with Crippen LogP contribution in [0.5, 0.6) is 0 Å². The Hall–Kier alpha value is -1.82. The van der Waals surface area contributed by atoms with Gasteiger partial charge in [-0.05, 0) is 37.5 Å². The van der Waals surface area contributed by atoms with E-state index in [0.717, 1.165) is 5.70 Å². The van der Waals surface area contributed by atoms with Crippen LogP contribution in [0.2, 0.25) is 0 Å². The van der Waals surface area contributed by atoms with Crippen molar-refractivity contribution in [2.24, 2.45) is 23.0 Å². The molecule has 0 aliphatic carbocycles. The Balaban J connectivity index is 5.83. The summed E-state index contributed by atoms with van der Waals surface area (Å²) in [4.78, 5) is 26.2. The third-order valence-corrected chi connectivity index (χ3v) is 5.17. The van der Waals surface area contributed by atoms with Crippen molar-refractivity contribution in [3.63, 3.8) is 0 Å². The van der Waals surface area contributed by atoms with Crippen molar-refractivity contribution >= 4 is 11.9 Å². The highest BCUT2D eigenvalue weighted by Crippen LogP contribution is 2.29. The summed E-state index contributed by atoms with van der Waals surface area (Å²) in [6.45, 7) is 21.9. The molecule has 0 radical (unpaired) electrons. The SMILES string of the molecule is C=C(C(NC(=O)C(C)(N)CC(C)C)C(C)(C)C)N(C)C(/C=C(\C)C(=O)O)C(C)C. The van der Waals surface area contributed by atoms with Gasteiger partial charge in [0.15, 0.2) is 0 Å². The summed E-state index contributed by atoms with van der Waals surface area (Å²) in [7, 11) is 1.89. The minimum Gasteiger partial charge on any atom is -0.478 e. The van der Waals surface area contributed by atoms with Crippen LogP contribution in [0.1, 0.15) is 68.7 Å². The lowest BCUT2D eigenvalue weighted by molar-refractivity contribution is -0.132. The summed E-state index contributed by atoms with van der Waals surface area (Å²) in [6, 6.07) is -0.518. The fraction of sp³-hybridized carbons (Fsp3) is 0.739. The Bertz CT molecular complexity index is 628. The first-order valence-corrected chi connectivity index (χ1v) is 10.3. The van der Waals surface area contributed by atoms with E-state index in [0.29, 0.717) is 12.3 Å². The fourth-order valence-electron chi connectivity index (χ4n) is 3.51. The molecule has 0 heterocycles. The van der Waals surface area contributed by atoms with Gasteiger partial charge in [-0.3, -0.25) is 4.79 Å². The second kappa shape index (κ2) is 10.3. The van der Waals surface area contributed by atoms with E-state index >= 15 is 0 Å². The van der Waals surface area contributed by atoms with Crippen LogP contribution in [0, 0.1) is 17.3 Å². The molecule has 6 nitrogen and oxygen atoms in total. The van der Waals surface area contributed by atoms with E-state index in [4.69, 9.17) is 5.73 Å². The molecule has 0 spiro atoms. The molecule has 0 rings (SSSR count). The van der Waals surface area contributed by atoms with Gasteiger partial charge in [0.05, 0.1) is 11.6 Å². The van der Waals surface area contributed by atoms with Crippen LogP contribution in [-0.2, 0) is 9.59 Å². The van der Waals surface area contributed by atoms with Crippen molar-refractivity contribution in [2.75, 3.05) is 7.05 Å². The van der Waals surface area contributed by atoms with Gasteiger partial charge < -0.3 is 21.1 Å². The summed E-state index contributed by atoms with van der Waals surface area (Å²) in [5, 5.41) is 12.4. The molecule has 0 aliphatic rings. The van der Waals surface area contributed by atoms with Gasteiger partial charge in [0.2, 0.25) is 5.91 Å². The second-order valence-corrected chi connectivity index (χ2v) is 10.3. The number of nitrogens with zero attached hydrogens (tertiary/aromatic N) is 1. The number of carbonyl (C=O) groups is 2. The highest BCUT2D eigenvalue weighted by molar-refractivity contribution is 5.86. The first kappa shape index (κ1) is 27.2. The van der Waals surface area contributed by atoms with E-state index in [1.807, 2.05) is 60.4 Å². The number of nitrogens with one attached hydrogen (secondary N) is 1. The van der Waals surface area contributed by atoms with Crippen LogP contribution in [0.25, 0.3) is 0 Å². The average molecular weight is 410 g/mol. The van der Waals surface area contributed by atoms with Crippen molar-refractivity contribution in [3.05, 3.63) is 23.9 Å². The molecule has 0 aliphatic heterocycles. The number of carboxylic acids is 1. The molecule has 168 valence electrons. The predicted octanol–water partition coefficient (Wildman–Crippen LogP) is 3.78. The first-order valence-electron chi connectivity index (χ1n) is 10.3. The zero-order valence-corrected chi connectivity index (χ0v) is 20.1. The zero-order valence-electron chi connectivity index (χ0n) is 20.1. The van der Waals surface area contributed by atoms with E-state index in [-0.39, 0.29) is 34.9 Å². The number of hydrogen-bond acceptors (Lipinski definition) is 4. The lowest BCUT2D eigenvalue weighted by Gasteiger charge is -2.42. The summed E-state index contributed by atoms with van der Waals surface area (Å²) in [6.07, 6.45) is 2.32. The maximum absolute atomic E-state index is 13.0. The quantitative estimate of drug-likeness (QED) is 0.477. The Kier molecular flexibility index (Phi) is 9.64. The highest BCUT2D eigenvalue weighted by atomic mass is 16.4. The number of nitrogens with two attached hydrogens (primary N) is 1. The minimum atomic E-state index is -0.978. The summed E-state index contributed by atoms with van der Waals surface area (Å²) in [5.74, 6) is -0.700. The normalized spacial score (nSPS) is 16.9. The van der Waals surface area contributed by atoms with Gasteiger partial charge in [0, 0.05) is 24.4 Å². The molecule has 0 saturated heterocycles. The van der Waals surface area contributed by atoms with Crippen LogP contribution in [-0.4, -0.2) is 46.6 Å². The van der Waals surface area contributed by atoms with E-state index in [1.54, 1.807) is 19.9 Å². The maximum Gasteiger partial charge on any atom is 0.331 e. The first-order chi connectivity index (χ1) is 12.9. The van der Waals surface area contributed by atoms with Crippen LogP contribution < -0.4 is 11.1 Å². The third kappa shape index (κ3) is 8.21. The lowest BCUT2D eigenvalue weighted by Crippen LogP contribution is -2.59. The predicted molar refractivity (Wildman–Crippen MR) is 120 cm³/mol. The van der Waals surface area contributed by atoms with Gasteiger partial charge in [-0.25, -0.2) is 4.79 Å². The van der Waals surface area contributed by atoms with Gasteiger partial charge in [-0.2, -0.15) is 0 Å². The fourth-order valence-corrected chi connectivity index (χ4v) is 3.51. The zero-order chi connectivity index (χ0) is 23.3. The molecule has 0 aromatic rings. The largest absolute Gasteiger partial charge is 0.478 e. The Morgan fingerprint density at radius 1 is 1.17 bits per heavy atom. The molecule has 0 saturated carbocycles. The van der Waals surface area contributed by atoms with Crippen LogP contribution in [0.3, 0.4) is 0 Å². The number of amides is 1. The van der Waals surface area contributed by atoms with Gasteiger partial charge in [-0.15, -0.1) is 0 Å². The summed E-state index contributed by atoms with van der Waals surface area (Å²) in [5.41, 5.74) is 6.03. The Morgan fingerprint density at radius 3 is 2.00 bits per heavy atom. The molecule has 0 aromatic carbocycles. The molecule has 0 aromatic heterocycles. The topological polar surface area (TPSA) is 95.7 Å². The van der Waals surface area contributed by atoms with E-state index in [1.165, 1.54) is 0 Å². The number of likely N-dealkylation sites (N-methyl/N-ethyl adjacent to an activating group) is 1. The summed E-state index contributed by atoms with van der Waals surface area (Å²) >= 11 is 0. The number of hydrogen-bond donors (Lipinski definition) is 3. The standard InChI is InChI=1S/C23H43N3O3/c1-14(2)13-23(10,24)21(29)25-19(22(7,8)9)17(6)26(11)18(15(3)4)12-16(5)20(27)28/h12,14-15,18-19H,6,13,24H2,1-5,7-11H3,(H,25,29)(H,27,28)/b16-12+.